The Morgan fingerprint density at radius 3 is 2.17 bits per heavy atom. The van der Waals surface area contributed by atoms with E-state index in [-0.39, 0.29) is 10.3 Å². The predicted molar refractivity (Wildman–Crippen MR) is 72.0 cm³/mol. The minimum absolute atomic E-state index is 0.214. The Morgan fingerprint density at radius 1 is 1.00 bits per heavy atom. The third-order valence-electron chi connectivity index (χ3n) is 2.18. The SMILES string of the molecule is CCc1nc(Cl)c(N=Nc2ccccc2)c(Cl)n1. The molecule has 18 heavy (non-hydrogen) atoms. The monoisotopic (exact) mass is 280 g/mol. The summed E-state index contributed by atoms with van der Waals surface area (Å²) in [6.07, 6.45) is 0.662. The molecule has 6 heteroatoms. The maximum atomic E-state index is 5.99. The molecule has 1 aromatic heterocycles. The summed E-state index contributed by atoms with van der Waals surface area (Å²) in [6.45, 7) is 1.92. The van der Waals surface area contributed by atoms with Crippen LogP contribution in [0.25, 0.3) is 0 Å². The number of hydrogen-bond acceptors (Lipinski definition) is 4. The van der Waals surface area contributed by atoms with Crippen molar-refractivity contribution in [2.24, 2.45) is 10.2 Å². The van der Waals surface area contributed by atoms with Crippen molar-refractivity contribution in [2.45, 2.75) is 13.3 Å². The van der Waals surface area contributed by atoms with Gasteiger partial charge in [0.25, 0.3) is 0 Å². The molecule has 4 nitrogen and oxygen atoms in total. The summed E-state index contributed by atoms with van der Waals surface area (Å²) in [7, 11) is 0. The number of nitrogens with zero attached hydrogens (tertiary/aromatic N) is 4. The maximum Gasteiger partial charge on any atom is 0.161 e. The van der Waals surface area contributed by atoms with Crippen LogP contribution in [0, 0.1) is 0 Å². The van der Waals surface area contributed by atoms with E-state index < -0.39 is 0 Å². The summed E-state index contributed by atoms with van der Waals surface area (Å²) in [5.41, 5.74) is 1.00. The molecule has 0 atom stereocenters. The van der Waals surface area contributed by atoms with E-state index in [2.05, 4.69) is 20.2 Å². The first-order valence-electron chi connectivity index (χ1n) is 5.39. The Kier molecular flexibility index (Phi) is 4.23. The van der Waals surface area contributed by atoms with Crippen LogP contribution in [0.15, 0.2) is 40.6 Å². The maximum absolute atomic E-state index is 5.99. The molecule has 0 aliphatic carbocycles. The van der Waals surface area contributed by atoms with E-state index in [0.717, 1.165) is 0 Å². The van der Waals surface area contributed by atoms with Gasteiger partial charge in [-0.25, -0.2) is 9.97 Å². The van der Waals surface area contributed by atoms with Gasteiger partial charge in [-0.3, -0.25) is 0 Å². The van der Waals surface area contributed by atoms with Gasteiger partial charge in [-0.1, -0.05) is 48.3 Å². The van der Waals surface area contributed by atoms with Crippen molar-refractivity contribution < 1.29 is 0 Å². The average molecular weight is 281 g/mol. The first kappa shape index (κ1) is 12.9. The number of halogens is 2. The lowest BCUT2D eigenvalue weighted by Crippen LogP contribution is -1.93. The minimum Gasteiger partial charge on any atom is -0.219 e. The molecular formula is C12H10Cl2N4. The number of benzene rings is 1. The Balaban J connectivity index is 2.32. The lowest BCUT2D eigenvalue weighted by molar-refractivity contribution is 0.936. The minimum atomic E-state index is 0.214. The van der Waals surface area contributed by atoms with Gasteiger partial charge in [0.1, 0.15) is 5.82 Å². The first-order chi connectivity index (χ1) is 8.70. The molecule has 0 saturated carbocycles. The molecule has 0 amide bonds. The van der Waals surface area contributed by atoms with E-state index >= 15 is 0 Å². The Bertz CT molecular complexity index is 547. The van der Waals surface area contributed by atoms with Crippen LogP contribution in [0.4, 0.5) is 11.4 Å². The van der Waals surface area contributed by atoms with Crippen molar-refractivity contribution in [3.63, 3.8) is 0 Å². The van der Waals surface area contributed by atoms with E-state index in [1.54, 1.807) is 0 Å². The third-order valence-corrected chi connectivity index (χ3v) is 2.71. The van der Waals surface area contributed by atoms with E-state index in [4.69, 9.17) is 23.2 Å². The topological polar surface area (TPSA) is 50.5 Å². The second kappa shape index (κ2) is 5.89. The fraction of sp³-hybridized carbons (Fsp3) is 0.167. The zero-order valence-corrected chi connectivity index (χ0v) is 11.2. The highest BCUT2D eigenvalue weighted by Gasteiger charge is 2.10. The number of rotatable bonds is 3. The summed E-state index contributed by atoms with van der Waals surface area (Å²) < 4.78 is 0. The smallest absolute Gasteiger partial charge is 0.161 e. The van der Waals surface area contributed by atoms with E-state index in [0.29, 0.717) is 23.6 Å². The fourth-order valence-electron chi connectivity index (χ4n) is 1.29. The lowest BCUT2D eigenvalue weighted by Gasteiger charge is -2.01. The molecule has 0 aliphatic heterocycles. The van der Waals surface area contributed by atoms with Gasteiger partial charge in [-0.05, 0) is 12.1 Å². The van der Waals surface area contributed by atoms with Crippen molar-refractivity contribution in [3.8, 4) is 0 Å². The normalized spacial score (nSPS) is 11.1. The average Bonchev–Trinajstić information content (AvgIpc) is 2.38. The molecule has 0 spiro atoms. The van der Waals surface area contributed by atoms with Gasteiger partial charge in [0.05, 0.1) is 5.69 Å². The van der Waals surface area contributed by atoms with Gasteiger partial charge in [-0.2, -0.15) is 5.11 Å². The van der Waals surface area contributed by atoms with Gasteiger partial charge in [-0.15, -0.1) is 5.11 Å². The molecule has 0 saturated heterocycles. The fourth-order valence-corrected chi connectivity index (χ4v) is 1.78. The van der Waals surface area contributed by atoms with Crippen LogP contribution < -0.4 is 0 Å². The van der Waals surface area contributed by atoms with Gasteiger partial charge in [0.2, 0.25) is 0 Å². The summed E-state index contributed by atoms with van der Waals surface area (Å²) in [6, 6.07) is 9.29. The number of azo groups is 1. The molecule has 0 bridgehead atoms. The summed E-state index contributed by atoms with van der Waals surface area (Å²) in [5, 5.41) is 8.45. The third kappa shape index (κ3) is 3.03. The molecule has 0 fully saturated rings. The molecule has 1 aromatic carbocycles. The predicted octanol–water partition coefficient (Wildman–Crippen LogP) is 4.76. The molecular weight excluding hydrogens is 271 g/mol. The molecule has 92 valence electrons. The highest BCUT2D eigenvalue weighted by molar-refractivity contribution is 6.37. The van der Waals surface area contributed by atoms with Crippen molar-refractivity contribution in [1.82, 2.24) is 9.97 Å². The van der Waals surface area contributed by atoms with Crippen LogP contribution in [0.5, 0.6) is 0 Å². The van der Waals surface area contributed by atoms with Crippen LogP contribution in [0.1, 0.15) is 12.7 Å². The highest BCUT2D eigenvalue weighted by atomic mass is 35.5. The zero-order chi connectivity index (χ0) is 13.0. The Labute approximate surface area is 115 Å². The quantitative estimate of drug-likeness (QED) is 0.601. The molecule has 0 aliphatic rings. The second-order valence-corrected chi connectivity index (χ2v) is 4.18. The Hall–Kier alpha value is -1.52. The van der Waals surface area contributed by atoms with E-state index in [1.165, 1.54) is 0 Å². The highest BCUT2D eigenvalue weighted by Crippen LogP contribution is 2.31. The number of aryl methyl sites for hydroxylation is 1. The zero-order valence-electron chi connectivity index (χ0n) is 9.64. The molecule has 0 radical (unpaired) electrons. The van der Waals surface area contributed by atoms with Crippen molar-refractivity contribution in [2.75, 3.05) is 0 Å². The van der Waals surface area contributed by atoms with Crippen LogP contribution in [0.2, 0.25) is 10.3 Å². The van der Waals surface area contributed by atoms with Gasteiger partial charge < -0.3 is 0 Å². The van der Waals surface area contributed by atoms with Crippen molar-refractivity contribution >= 4 is 34.6 Å². The van der Waals surface area contributed by atoms with Gasteiger partial charge in [0.15, 0.2) is 16.0 Å². The van der Waals surface area contributed by atoms with Crippen LogP contribution in [0.3, 0.4) is 0 Å². The van der Waals surface area contributed by atoms with Crippen LogP contribution in [-0.2, 0) is 6.42 Å². The summed E-state index contributed by atoms with van der Waals surface area (Å²) >= 11 is 12.0. The van der Waals surface area contributed by atoms with E-state index in [1.807, 2.05) is 37.3 Å². The second-order valence-electron chi connectivity index (χ2n) is 3.46. The van der Waals surface area contributed by atoms with Crippen molar-refractivity contribution in [1.29, 1.82) is 0 Å². The van der Waals surface area contributed by atoms with Gasteiger partial charge >= 0.3 is 0 Å². The molecule has 2 aromatic rings. The molecule has 2 rings (SSSR count). The van der Waals surface area contributed by atoms with E-state index in [9.17, 15) is 0 Å². The standard InChI is InChI=1S/C12H10Cl2N4/c1-2-9-15-11(13)10(12(14)16-9)18-17-8-6-4-3-5-7-8/h3-7H,2H2,1H3. The first-order valence-corrected chi connectivity index (χ1v) is 6.15. The molecule has 0 N–H and O–H groups in total. The molecule has 1 heterocycles. The van der Waals surface area contributed by atoms with Crippen LogP contribution in [-0.4, -0.2) is 9.97 Å². The largest absolute Gasteiger partial charge is 0.219 e. The summed E-state index contributed by atoms with van der Waals surface area (Å²) in [4.78, 5) is 8.16. The molecule has 0 unspecified atom stereocenters. The summed E-state index contributed by atoms with van der Waals surface area (Å²) in [5.74, 6) is 0.587. The number of aromatic nitrogens is 2. The lowest BCUT2D eigenvalue weighted by atomic mass is 10.3. The number of hydrogen-bond donors (Lipinski definition) is 0. The van der Waals surface area contributed by atoms with Crippen molar-refractivity contribution in [3.05, 3.63) is 46.5 Å². The van der Waals surface area contributed by atoms with Gasteiger partial charge in [0, 0.05) is 6.42 Å². The van der Waals surface area contributed by atoms with Crippen LogP contribution >= 0.6 is 23.2 Å². The Morgan fingerprint density at radius 2 is 1.61 bits per heavy atom.